The zero-order valence-corrected chi connectivity index (χ0v) is 6.02. The Morgan fingerprint density at radius 3 is 2.17 bits per heavy atom. The SMILES string of the molecule is CCCC=O.[Gd]. The number of carbonyl (C=O) groups excluding carboxylic acids is 1. The van der Waals surface area contributed by atoms with Gasteiger partial charge in [0.1, 0.15) is 6.29 Å². The van der Waals surface area contributed by atoms with Crippen molar-refractivity contribution < 1.29 is 44.7 Å². The molecule has 0 aliphatic rings. The van der Waals surface area contributed by atoms with Gasteiger partial charge in [-0.25, -0.2) is 0 Å². The summed E-state index contributed by atoms with van der Waals surface area (Å²) < 4.78 is 0. The predicted octanol–water partition coefficient (Wildman–Crippen LogP) is 0.985. The molecule has 6 heavy (non-hydrogen) atoms. The summed E-state index contributed by atoms with van der Waals surface area (Å²) in [4.78, 5) is 9.40. The van der Waals surface area contributed by atoms with Crippen LogP contribution in [0, 0.1) is 39.9 Å². The monoisotopic (exact) mass is 230 g/mol. The Morgan fingerprint density at radius 1 is 1.67 bits per heavy atom. The third-order valence-electron chi connectivity index (χ3n) is 0.407. The maximum atomic E-state index is 9.40. The van der Waals surface area contributed by atoms with Crippen molar-refractivity contribution in [3.05, 3.63) is 0 Å². The van der Waals surface area contributed by atoms with Gasteiger partial charge in [0.05, 0.1) is 0 Å². The Morgan fingerprint density at radius 2 is 2.17 bits per heavy atom. The molecule has 0 heterocycles. The third-order valence-corrected chi connectivity index (χ3v) is 0.407. The quantitative estimate of drug-likeness (QED) is 0.645. The molecule has 0 aliphatic carbocycles. The Balaban J connectivity index is 0. The molecule has 0 aliphatic heterocycles. The summed E-state index contributed by atoms with van der Waals surface area (Å²) in [6.45, 7) is 1.98. The van der Waals surface area contributed by atoms with E-state index in [1.807, 2.05) is 6.92 Å². The van der Waals surface area contributed by atoms with Crippen LogP contribution in [0.5, 0.6) is 0 Å². The molecule has 0 saturated carbocycles. The number of unbranched alkanes of at least 4 members (excludes halogenated alkanes) is 1. The van der Waals surface area contributed by atoms with Gasteiger partial charge >= 0.3 is 0 Å². The fourth-order valence-corrected chi connectivity index (χ4v) is 0.118. The van der Waals surface area contributed by atoms with Gasteiger partial charge in [-0.1, -0.05) is 6.92 Å². The Bertz CT molecular complexity index is 28.7. The molecule has 0 N–H and O–H groups in total. The van der Waals surface area contributed by atoms with Gasteiger partial charge in [-0.15, -0.1) is 0 Å². The van der Waals surface area contributed by atoms with Crippen molar-refractivity contribution in [1.29, 1.82) is 0 Å². The second-order valence-corrected chi connectivity index (χ2v) is 0.955. The van der Waals surface area contributed by atoms with Crippen LogP contribution in [0.1, 0.15) is 19.8 Å². The minimum Gasteiger partial charge on any atom is -0.303 e. The van der Waals surface area contributed by atoms with Crippen LogP contribution in [0.3, 0.4) is 0 Å². The van der Waals surface area contributed by atoms with Gasteiger partial charge in [-0.2, -0.15) is 0 Å². The molecule has 0 amide bonds. The third kappa shape index (κ3) is 8.89. The van der Waals surface area contributed by atoms with Crippen LogP contribution in [-0.4, -0.2) is 6.29 Å². The summed E-state index contributed by atoms with van der Waals surface area (Å²) in [6, 6.07) is 0. The molecule has 0 aromatic heterocycles. The Kier molecular flexibility index (Phi) is 15.7. The smallest absolute Gasteiger partial charge is 0.119 e. The number of rotatable bonds is 2. The van der Waals surface area contributed by atoms with E-state index in [4.69, 9.17) is 0 Å². The number of aldehydes is 1. The molecule has 2 heteroatoms. The van der Waals surface area contributed by atoms with Gasteiger partial charge in [0, 0.05) is 46.4 Å². The summed E-state index contributed by atoms with van der Waals surface area (Å²) in [7, 11) is 0. The summed E-state index contributed by atoms with van der Waals surface area (Å²) in [5, 5.41) is 0. The molecular formula is C4H8GdO. The van der Waals surface area contributed by atoms with E-state index in [2.05, 4.69) is 0 Å². The Hall–Kier alpha value is 0.995. The second-order valence-electron chi connectivity index (χ2n) is 0.955. The largest absolute Gasteiger partial charge is 0.303 e. The van der Waals surface area contributed by atoms with Gasteiger partial charge in [0.25, 0.3) is 0 Å². The number of carbonyl (C=O) groups is 1. The van der Waals surface area contributed by atoms with Crippen molar-refractivity contribution in [2.75, 3.05) is 0 Å². The number of hydrogen-bond acceptors (Lipinski definition) is 1. The minimum absolute atomic E-state index is 0. The first kappa shape index (κ1) is 10.1. The molecule has 38 valence electrons. The van der Waals surface area contributed by atoms with Crippen molar-refractivity contribution >= 4 is 6.29 Å². The van der Waals surface area contributed by atoms with Gasteiger partial charge in [-0.3, -0.25) is 0 Å². The van der Waals surface area contributed by atoms with E-state index in [-0.39, 0.29) is 39.9 Å². The van der Waals surface area contributed by atoms with Gasteiger partial charge < -0.3 is 4.79 Å². The van der Waals surface area contributed by atoms with E-state index >= 15 is 0 Å². The van der Waals surface area contributed by atoms with Crippen LogP contribution < -0.4 is 0 Å². The van der Waals surface area contributed by atoms with E-state index < -0.39 is 0 Å². The van der Waals surface area contributed by atoms with Gasteiger partial charge in [0.15, 0.2) is 0 Å². The molecular weight excluding hydrogens is 221 g/mol. The first-order valence-electron chi connectivity index (χ1n) is 1.85. The van der Waals surface area contributed by atoms with Gasteiger partial charge in [0.2, 0.25) is 0 Å². The second kappa shape index (κ2) is 9.37. The average molecular weight is 229 g/mol. The molecule has 0 saturated heterocycles. The maximum Gasteiger partial charge on any atom is 0.119 e. The fourth-order valence-electron chi connectivity index (χ4n) is 0.118. The van der Waals surface area contributed by atoms with Crippen molar-refractivity contribution in [3.63, 3.8) is 0 Å². The van der Waals surface area contributed by atoms with Crippen molar-refractivity contribution in [2.45, 2.75) is 19.8 Å². The summed E-state index contributed by atoms with van der Waals surface area (Å²) in [6.07, 6.45) is 2.61. The van der Waals surface area contributed by atoms with Crippen LogP contribution in [0.2, 0.25) is 0 Å². The summed E-state index contributed by atoms with van der Waals surface area (Å²) in [5.74, 6) is 0. The first-order chi connectivity index (χ1) is 2.41. The van der Waals surface area contributed by atoms with E-state index in [0.29, 0.717) is 6.42 Å². The van der Waals surface area contributed by atoms with Crippen LogP contribution in [-0.2, 0) is 4.79 Å². The van der Waals surface area contributed by atoms with Crippen molar-refractivity contribution in [1.82, 2.24) is 0 Å². The standard InChI is InChI=1S/C4H8O.Gd/c1-2-3-4-5;/h4H,2-3H2,1H3;. The zero-order chi connectivity index (χ0) is 4.12. The molecule has 0 atom stereocenters. The molecule has 0 spiro atoms. The summed E-state index contributed by atoms with van der Waals surface area (Å²) >= 11 is 0. The minimum atomic E-state index is 0. The van der Waals surface area contributed by atoms with E-state index in [9.17, 15) is 4.79 Å². The van der Waals surface area contributed by atoms with E-state index in [1.165, 1.54) is 0 Å². The number of hydrogen-bond donors (Lipinski definition) is 0. The van der Waals surface area contributed by atoms with E-state index in [1.54, 1.807) is 0 Å². The van der Waals surface area contributed by atoms with Crippen LogP contribution in [0.4, 0.5) is 0 Å². The van der Waals surface area contributed by atoms with E-state index in [0.717, 1.165) is 12.7 Å². The maximum absolute atomic E-state index is 9.40. The van der Waals surface area contributed by atoms with Crippen LogP contribution in [0.25, 0.3) is 0 Å². The average Bonchev–Trinajstić information content (AvgIpc) is 1.41. The van der Waals surface area contributed by atoms with Crippen molar-refractivity contribution in [3.8, 4) is 0 Å². The molecule has 0 aromatic rings. The zero-order valence-electron chi connectivity index (χ0n) is 3.75. The molecule has 0 aromatic carbocycles. The van der Waals surface area contributed by atoms with Crippen LogP contribution >= 0.6 is 0 Å². The molecule has 0 radical (unpaired) electrons. The first-order valence-corrected chi connectivity index (χ1v) is 1.85. The Labute approximate surface area is 70.2 Å². The van der Waals surface area contributed by atoms with Gasteiger partial charge in [-0.05, 0) is 6.42 Å². The molecule has 0 bridgehead atoms. The van der Waals surface area contributed by atoms with Crippen LogP contribution in [0.15, 0.2) is 0 Å². The molecule has 1 nitrogen and oxygen atoms in total. The topological polar surface area (TPSA) is 17.1 Å². The normalized spacial score (nSPS) is 6.17. The predicted molar refractivity (Wildman–Crippen MR) is 21.0 cm³/mol. The summed E-state index contributed by atoms with van der Waals surface area (Å²) in [5.41, 5.74) is 0. The molecule has 0 rings (SSSR count). The van der Waals surface area contributed by atoms with Crippen molar-refractivity contribution in [2.24, 2.45) is 0 Å². The fraction of sp³-hybridized carbons (Fsp3) is 0.750. The molecule has 0 fully saturated rings. The molecule has 0 unspecified atom stereocenters.